The van der Waals surface area contributed by atoms with Gasteiger partial charge in [0.2, 0.25) is 0 Å². The Hall–Kier alpha value is -1.95. The van der Waals surface area contributed by atoms with Crippen molar-refractivity contribution in [1.29, 1.82) is 0 Å². The molecule has 86 valence electrons. The summed E-state index contributed by atoms with van der Waals surface area (Å²) >= 11 is 1.69. The molecule has 0 saturated carbocycles. The zero-order valence-corrected chi connectivity index (χ0v) is 10.1. The van der Waals surface area contributed by atoms with Crippen molar-refractivity contribution >= 4 is 27.2 Å². The molecule has 2 N–H and O–H groups in total. The lowest BCUT2D eigenvalue weighted by molar-refractivity contribution is 0.851. The molecule has 0 amide bonds. The molecule has 3 aromatic heterocycles. The third kappa shape index (κ3) is 1.66. The average Bonchev–Trinajstić information content (AvgIpc) is 2.93. The molecule has 6 heteroatoms. The van der Waals surface area contributed by atoms with E-state index in [2.05, 4.69) is 28.1 Å². The fraction of sp³-hybridized carbons (Fsp3) is 0.182. The summed E-state index contributed by atoms with van der Waals surface area (Å²) in [6.45, 7) is 2.13. The molecule has 0 aliphatic carbocycles. The number of nitrogens with two attached hydrogens (primary N) is 1. The Morgan fingerprint density at radius 2 is 2.29 bits per heavy atom. The quantitative estimate of drug-likeness (QED) is 0.750. The zero-order chi connectivity index (χ0) is 11.8. The van der Waals surface area contributed by atoms with Crippen molar-refractivity contribution in [3.8, 4) is 5.82 Å². The van der Waals surface area contributed by atoms with Gasteiger partial charge in [-0.2, -0.15) is 5.10 Å². The highest BCUT2D eigenvalue weighted by Crippen LogP contribution is 2.27. The Morgan fingerprint density at radius 3 is 3.00 bits per heavy atom. The van der Waals surface area contributed by atoms with Gasteiger partial charge in [-0.15, -0.1) is 11.3 Å². The summed E-state index contributed by atoms with van der Waals surface area (Å²) in [4.78, 5) is 10.8. The van der Waals surface area contributed by atoms with Gasteiger partial charge in [0.15, 0.2) is 5.82 Å². The van der Waals surface area contributed by atoms with Crippen molar-refractivity contribution in [2.45, 2.75) is 13.3 Å². The molecule has 3 rings (SSSR count). The van der Waals surface area contributed by atoms with Gasteiger partial charge in [-0.25, -0.2) is 14.6 Å². The Bertz CT molecular complexity index is 669. The Morgan fingerprint density at radius 1 is 1.41 bits per heavy atom. The maximum Gasteiger partial charge on any atom is 0.165 e. The maximum absolute atomic E-state index is 5.67. The maximum atomic E-state index is 5.67. The van der Waals surface area contributed by atoms with E-state index in [1.807, 2.05) is 0 Å². The van der Waals surface area contributed by atoms with Crippen molar-refractivity contribution in [2.24, 2.45) is 0 Å². The van der Waals surface area contributed by atoms with Crippen LogP contribution in [0.1, 0.15) is 11.8 Å². The van der Waals surface area contributed by atoms with E-state index in [-0.39, 0.29) is 0 Å². The van der Waals surface area contributed by atoms with E-state index in [1.165, 1.54) is 4.88 Å². The van der Waals surface area contributed by atoms with Crippen molar-refractivity contribution in [1.82, 2.24) is 19.7 Å². The molecule has 0 unspecified atom stereocenters. The number of aryl methyl sites for hydroxylation is 1. The first-order chi connectivity index (χ1) is 8.28. The van der Waals surface area contributed by atoms with Crippen molar-refractivity contribution in [3.05, 3.63) is 29.7 Å². The smallest absolute Gasteiger partial charge is 0.165 e. The fourth-order valence-electron chi connectivity index (χ4n) is 1.70. The third-order valence-corrected chi connectivity index (χ3v) is 3.71. The molecule has 0 aromatic carbocycles. The van der Waals surface area contributed by atoms with Gasteiger partial charge in [-0.1, -0.05) is 6.92 Å². The number of nitrogen functional groups attached to an aromatic ring is 1. The zero-order valence-electron chi connectivity index (χ0n) is 9.29. The van der Waals surface area contributed by atoms with E-state index < -0.39 is 0 Å². The first-order valence-electron chi connectivity index (χ1n) is 5.32. The first-order valence-corrected chi connectivity index (χ1v) is 6.13. The van der Waals surface area contributed by atoms with Crippen LogP contribution in [0.3, 0.4) is 0 Å². The number of fused-ring (bicyclic) bond motifs is 1. The van der Waals surface area contributed by atoms with Gasteiger partial charge in [-0.3, -0.25) is 0 Å². The minimum Gasteiger partial charge on any atom is -0.396 e. The topological polar surface area (TPSA) is 69.6 Å². The average molecular weight is 245 g/mol. The number of nitrogens with zero attached hydrogens (tertiary/aromatic N) is 4. The van der Waals surface area contributed by atoms with Gasteiger partial charge >= 0.3 is 0 Å². The second kappa shape index (κ2) is 3.81. The number of rotatable bonds is 2. The second-order valence-electron chi connectivity index (χ2n) is 3.70. The summed E-state index contributed by atoms with van der Waals surface area (Å²) in [7, 11) is 0. The Labute approximate surface area is 102 Å². The summed E-state index contributed by atoms with van der Waals surface area (Å²) in [5.74, 6) is 0.780. The van der Waals surface area contributed by atoms with E-state index in [1.54, 1.807) is 34.7 Å². The SMILES string of the molecule is CCc1cc2c(-n3cc(N)cn3)ncnc2s1. The highest BCUT2D eigenvalue weighted by Gasteiger charge is 2.10. The van der Waals surface area contributed by atoms with E-state index in [0.29, 0.717) is 5.69 Å². The van der Waals surface area contributed by atoms with Crippen LogP contribution in [0.2, 0.25) is 0 Å². The monoisotopic (exact) mass is 245 g/mol. The summed E-state index contributed by atoms with van der Waals surface area (Å²) < 4.78 is 1.69. The molecule has 0 fully saturated rings. The number of aromatic nitrogens is 4. The van der Waals surface area contributed by atoms with Gasteiger partial charge < -0.3 is 5.73 Å². The van der Waals surface area contributed by atoms with Gasteiger partial charge in [-0.05, 0) is 12.5 Å². The number of thiophene rings is 1. The summed E-state index contributed by atoms with van der Waals surface area (Å²) in [5.41, 5.74) is 6.29. The molecular weight excluding hydrogens is 234 g/mol. The third-order valence-electron chi connectivity index (χ3n) is 2.53. The first kappa shape index (κ1) is 10.2. The molecular formula is C11H11N5S. The lowest BCUT2D eigenvalue weighted by Crippen LogP contribution is -1.98. The minimum atomic E-state index is 0.628. The number of anilines is 1. The second-order valence-corrected chi connectivity index (χ2v) is 4.82. The molecule has 0 aliphatic heterocycles. The lowest BCUT2D eigenvalue weighted by atomic mass is 10.3. The van der Waals surface area contributed by atoms with Crippen LogP contribution in [0.25, 0.3) is 16.0 Å². The molecule has 0 spiro atoms. The van der Waals surface area contributed by atoms with Crippen LogP contribution >= 0.6 is 11.3 Å². The molecule has 0 aliphatic rings. The molecule has 3 heterocycles. The van der Waals surface area contributed by atoms with Crippen molar-refractivity contribution in [3.63, 3.8) is 0 Å². The molecule has 0 bridgehead atoms. The minimum absolute atomic E-state index is 0.628. The summed E-state index contributed by atoms with van der Waals surface area (Å²) in [5, 5.41) is 5.20. The molecule has 5 nitrogen and oxygen atoms in total. The molecule has 3 aromatic rings. The standard InChI is InChI=1S/C11H11N5S/c1-2-8-3-9-10(13-6-14-11(9)17-8)16-5-7(12)4-15-16/h3-6H,2,12H2,1H3. The molecule has 0 saturated heterocycles. The van der Waals surface area contributed by atoms with Crippen LogP contribution < -0.4 is 5.73 Å². The predicted molar refractivity (Wildman–Crippen MR) is 68.3 cm³/mol. The van der Waals surface area contributed by atoms with Gasteiger partial charge in [0.05, 0.1) is 23.5 Å². The van der Waals surface area contributed by atoms with E-state index in [0.717, 1.165) is 22.5 Å². The van der Waals surface area contributed by atoms with Crippen LogP contribution in [0.15, 0.2) is 24.8 Å². The largest absolute Gasteiger partial charge is 0.396 e. The van der Waals surface area contributed by atoms with Crippen LogP contribution in [0.5, 0.6) is 0 Å². The van der Waals surface area contributed by atoms with Crippen LogP contribution in [0.4, 0.5) is 5.69 Å². The van der Waals surface area contributed by atoms with Crippen LogP contribution in [-0.2, 0) is 6.42 Å². The number of hydrogen-bond acceptors (Lipinski definition) is 5. The van der Waals surface area contributed by atoms with Crippen molar-refractivity contribution in [2.75, 3.05) is 5.73 Å². The Balaban J connectivity index is 2.25. The summed E-state index contributed by atoms with van der Waals surface area (Å²) in [6.07, 6.45) is 5.93. The van der Waals surface area contributed by atoms with Gasteiger partial charge in [0.1, 0.15) is 11.2 Å². The van der Waals surface area contributed by atoms with Gasteiger partial charge in [0.25, 0.3) is 0 Å². The normalized spacial score (nSPS) is 11.1. The molecule has 0 atom stereocenters. The number of hydrogen-bond donors (Lipinski definition) is 1. The van der Waals surface area contributed by atoms with Crippen LogP contribution in [0, 0.1) is 0 Å². The van der Waals surface area contributed by atoms with Crippen LogP contribution in [-0.4, -0.2) is 19.7 Å². The highest BCUT2D eigenvalue weighted by atomic mass is 32.1. The fourth-order valence-corrected chi connectivity index (χ4v) is 2.63. The van der Waals surface area contributed by atoms with E-state index in [9.17, 15) is 0 Å². The van der Waals surface area contributed by atoms with Crippen molar-refractivity contribution < 1.29 is 0 Å². The predicted octanol–water partition coefficient (Wildman–Crippen LogP) is 2.02. The highest BCUT2D eigenvalue weighted by molar-refractivity contribution is 7.18. The Kier molecular flexibility index (Phi) is 2.29. The van der Waals surface area contributed by atoms with E-state index >= 15 is 0 Å². The molecule has 0 radical (unpaired) electrons. The van der Waals surface area contributed by atoms with Gasteiger partial charge in [0, 0.05) is 4.88 Å². The van der Waals surface area contributed by atoms with E-state index in [4.69, 9.17) is 5.73 Å². The summed E-state index contributed by atoms with van der Waals surface area (Å²) in [6, 6.07) is 2.12. The molecule has 17 heavy (non-hydrogen) atoms. The lowest BCUT2D eigenvalue weighted by Gasteiger charge is -2.00.